The Bertz CT molecular complexity index is 998. The van der Waals surface area contributed by atoms with Gasteiger partial charge in [-0.25, -0.2) is 14.4 Å². The molecule has 0 atom stereocenters. The van der Waals surface area contributed by atoms with Gasteiger partial charge < -0.3 is 5.32 Å². The minimum absolute atomic E-state index is 0.174. The van der Waals surface area contributed by atoms with Crippen LogP contribution in [0.3, 0.4) is 0 Å². The molecular formula is C18H20FN7OS. The number of amides is 1. The molecule has 0 spiro atoms. The van der Waals surface area contributed by atoms with Crippen molar-refractivity contribution < 1.29 is 9.18 Å². The molecule has 28 heavy (non-hydrogen) atoms. The second-order valence-electron chi connectivity index (χ2n) is 6.21. The van der Waals surface area contributed by atoms with Crippen LogP contribution in [0.1, 0.15) is 29.2 Å². The molecule has 0 saturated heterocycles. The fourth-order valence-corrected chi connectivity index (χ4v) is 3.29. The molecule has 0 fully saturated rings. The zero-order valence-corrected chi connectivity index (χ0v) is 16.8. The molecule has 146 valence electrons. The molecule has 3 rings (SSSR count). The highest BCUT2D eigenvalue weighted by atomic mass is 32.2. The van der Waals surface area contributed by atoms with Gasteiger partial charge in [-0.05, 0) is 67.6 Å². The number of halogens is 1. The van der Waals surface area contributed by atoms with E-state index in [1.54, 1.807) is 6.92 Å². The van der Waals surface area contributed by atoms with E-state index in [2.05, 4.69) is 30.8 Å². The lowest BCUT2D eigenvalue weighted by molar-refractivity contribution is -0.116. The third-order valence-corrected chi connectivity index (χ3v) is 4.82. The largest absolute Gasteiger partial charge is 0.326 e. The standard InChI is InChI=1S/C18H20FN7OS/c1-10-14(11(2)21-18(20-10)28-4)6-8-17(27)22-13-5-7-15(19)16(9-13)26-12(3)23-24-25-26/h5,7,9H,6,8H2,1-4H3,(H,22,27). The van der Waals surface area contributed by atoms with Gasteiger partial charge in [0.2, 0.25) is 5.91 Å². The maximum Gasteiger partial charge on any atom is 0.224 e. The van der Waals surface area contributed by atoms with Gasteiger partial charge in [0.15, 0.2) is 11.0 Å². The Morgan fingerprint density at radius 3 is 2.54 bits per heavy atom. The Balaban J connectivity index is 1.70. The van der Waals surface area contributed by atoms with Crippen molar-refractivity contribution >= 4 is 23.4 Å². The first-order valence-corrected chi connectivity index (χ1v) is 9.84. The first-order valence-electron chi connectivity index (χ1n) is 8.62. The van der Waals surface area contributed by atoms with E-state index < -0.39 is 5.82 Å². The molecule has 10 heteroatoms. The molecule has 2 heterocycles. The summed E-state index contributed by atoms with van der Waals surface area (Å²) in [6, 6.07) is 4.28. The van der Waals surface area contributed by atoms with Crippen LogP contribution in [0.2, 0.25) is 0 Å². The van der Waals surface area contributed by atoms with E-state index in [0.29, 0.717) is 17.9 Å². The predicted molar refractivity (Wildman–Crippen MR) is 104 cm³/mol. The Morgan fingerprint density at radius 1 is 1.21 bits per heavy atom. The van der Waals surface area contributed by atoms with Crippen molar-refractivity contribution in [2.24, 2.45) is 0 Å². The molecule has 1 amide bonds. The van der Waals surface area contributed by atoms with Gasteiger partial charge in [0.1, 0.15) is 11.5 Å². The van der Waals surface area contributed by atoms with Gasteiger partial charge in [-0.2, -0.15) is 4.68 Å². The van der Waals surface area contributed by atoms with E-state index >= 15 is 0 Å². The SMILES string of the molecule is CSc1nc(C)c(CCC(=O)Nc2ccc(F)c(-n3nnnc3C)c2)c(C)n1. The van der Waals surface area contributed by atoms with Gasteiger partial charge in [0.05, 0.1) is 0 Å². The average Bonchev–Trinajstić information content (AvgIpc) is 3.08. The predicted octanol–water partition coefficient (Wildman–Crippen LogP) is 2.81. The molecule has 0 aliphatic carbocycles. The quantitative estimate of drug-likeness (QED) is 0.501. The van der Waals surface area contributed by atoms with Crippen molar-refractivity contribution in [1.29, 1.82) is 0 Å². The average molecular weight is 401 g/mol. The molecule has 0 bridgehead atoms. The number of carbonyl (C=O) groups is 1. The number of hydrogen-bond acceptors (Lipinski definition) is 7. The van der Waals surface area contributed by atoms with Crippen molar-refractivity contribution in [2.45, 2.75) is 38.8 Å². The van der Waals surface area contributed by atoms with E-state index in [4.69, 9.17) is 0 Å². The van der Waals surface area contributed by atoms with E-state index in [0.717, 1.165) is 22.1 Å². The van der Waals surface area contributed by atoms with Crippen LogP contribution in [0.5, 0.6) is 0 Å². The van der Waals surface area contributed by atoms with Crippen LogP contribution in [0.15, 0.2) is 23.4 Å². The summed E-state index contributed by atoms with van der Waals surface area (Å²) in [5, 5.41) is 14.5. The summed E-state index contributed by atoms with van der Waals surface area (Å²) in [5.41, 5.74) is 3.37. The fraction of sp³-hybridized carbons (Fsp3) is 0.333. The zero-order valence-electron chi connectivity index (χ0n) is 16.0. The topological polar surface area (TPSA) is 98.5 Å². The molecule has 3 aromatic rings. The van der Waals surface area contributed by atoms with Crippen LogP contribution >= 0.6 is 11.8 Å². The molecule has 0 aliphatic heterocycles. The van der Waals surface area contributed by atoms with Gasteiger partial charge in [0, 0.05) is 23.5 Å². The first-order chi connectivity index (χ1) is 13.4. The molecule has 8 nitrogen and oxygen atoms in total. The molecule has 1 N–H and O–H groups in total. The molecule has 0 radical (unpaired) electrons. The maximum absolute atomic E-state index is 14.1. The summed E-state index contributed by atoms with van der Waals surface area (Å²) in [6.07, 6.45) is 2.72. The molecular weight excluding hydrogens is 381 g/mol. The molecule has 0 aliphatic rings. The fourth-order valence-electron chi connectivity index (χ4n) is 2.83. The minimum Gasteiger partial charge on any atom is -0.326 e. The summed E-state index contributed by atoms with van der Waals surface area (Å²) in [5.74, 6) is -0.216. The van der Waals surface area contributed by atoms with Crippen LogP contribution in [0.25, 0.3) is 5.69 Å². The van der Waals surface area contributed by atoms with Crippen molar-refractivity contribution in [1.82, 2.24) is 30.2 Å². The number of anilines is 1. The molecule has 1 aromatic carbocycles. The van der Waals surface area contributed by atoms with E-state index in [1.165, 1.54) is 34.6 Å². The number of rotatable bonds is 6. The van der Waals surface area contributed by atoms with E-state index in [9.17, 15) is 9.18 Å². The highest BCUT2D eigenvalue weighted by Crippen LogP contribution is 2.20. The molecule has 0 unspecified atom stereocenters. The van der Waals surface area contributed by atoms with Crippen molar-refractivity contribution in [3.63, 3.8) is 0 Å². The Kier molecular flexibility index (Phi) is 5.98. The lowest BCUT2D eigenvalue weighted by Crippen LogP contribution is -2.14. The second kappa shape index (κ2) is 8.42. The minimum atomic E-state index is -0.481. The number of thioether (sulfide) groups is 1. The zero-order chi connectivity index (χ0) is 20.3. The highest BCUT2D eigenvalue weighted by molar-refractivity contribution is 7.98. The highest BCUT2D eigenvalue weighted by Gasteiger charge is 2.13. The van der Waals surface area contributed by atoms with Crippen molar-refractivity contribution in [3.05, 3.63) is 46.8 Å². The summed E-state index contributed by atoms with van der Waals surface area (Å²) >= 11 is 1.49. The molecule has 0 saturated carbocycles. The van der Waals surface area contributed by atoms with Crippen molar-refractivity contribution in [3.8, 4) is 5.69 Å². The number of nitrogens with one attached hydrogen (secondary N) is 1. The molecule has 2 aromatic heterocycles. The number of aromatic nitrogens is 6. The number of nitrogens with zero attached hydrogens (tertiary/aromatic N) is 6. The van der Waals surface area contributed by atoms with Gasteiger partial charge in [-0.15, -0.1) is 5.10 Å². The smallest absolute Gasteiger partial charge is 0.224 e. The van der Waals surface area contributed by atoms with Gasteiger partial charge in [-0.1, -0.05) is 11.8 Å². The van der Waals surface area contributed by atoms with Crippen LogP contribution in [0, 0.1) is 26.6 Å². The normalized spacial score (nSPS) is 10.9. The van der Waals surface area contributed by atoms with Crippen LogP contribution < -0.4 is 5.32 Å². The van der Waals surface area contributed by atoms with Crippen LogP contribution in [0.4, 0.5) is 10.1 Å². The number of tetrazole rings is 1. The number of carbonyl (C=O) groups excluding carboxylic acids is 1. The van der Waals surface area contributed by atoms with Crippen LogP contribution in [-0.4, -0.2) is 42.3 Å². The van der Waals surface area contributed by atoms with Crippen molar-refractivity contribution in [2.75, 3.05) is 11.6 Å². The summed E-state index contributed by atoms with van der Waals surface area (Å²) in [6.45, 7) is 5.50. The van der Waals surface area contributed by atoms with Crippen LogP contribution in [-0.2, 0) is 11.2 Å². The van der Waals surface area contributed by atoms with E-state index in [1.807, 2.05) is 20.1 Å². The Hall–Kier alpha value is -2.88. The van der Waals surface area contributed by atoms with Gasteiger partial charge in [0.25, 0.3) is 0 Å². The van der Waals surface area contributed by atoms with Gasteiger partial charge in [-0.3, -0.25) is 4.79 Å². The Morgan fingerprint density at radius 2 is 1.93 bits per heavy atom. The first kappa shape index (κ1) is 19.9. The van der Waals surface area contributed by atoms with Gasteiger partial charge >= 0.3 is 0 Å². The lowest BCUT2D eigenvalue weighted by atomic mass is 10.1. The van der Waals surface area contributed by atoms with E-state index in [-0.39, 0.29) is 18.0 Å². The summed E-state index contributed by atoms with van der Waals surface area (Å²) in [4.78, 5) is 21.2. The third kappa shape index (κ3) is 4.33. The summed E-state index contributed by atoms with van der Waals surface area (Å²) in [7, 11) is 0. The maximum atomic E-state index is 14.1. The third-order valence-electron chi connectivity index (χ3n) is 4.27. The summed E-state index contributed by atoms with van der Waals surface area (Å²) < 4.78 is 15.4. The number of hydrogen-bond donors (Lipinski definition) is 1. The second-order valence-corrected chi connectivity index (χ2v) is 6.99. The monoisotopic (exact) mass is 401 g/mol. The number of aryl methyl sites for hydroxylation is 3. The number of benzene rings is 1. The Labute approximate surface area is 166 Å². The lowest BCUT2D eigenvalue weighted by Gasteiger charge is -2.11.